The average molecular weight is 468 g/mol. The fourth-order valence-corrected chi connectivity index (χ4v) is 3.33. The molecule has 1 aromatic carbocycles. The highest BCUT2D eigenvalue weighted by atomic mass is 19.1. The molecule has 0 aliphatic carbocycles. The maximum Gasteiger partial charge on any atom is 0.409 e. The molecule has 0 spiro atoms. The van der Waals surface area contributed by atoms with Crippen LogP contribution in [0.3, 0.4) is 0 Å². The molecule has 1 aliphatic rings. The largest absolute Gasteiger partial charge is 0.465 e. The van der Waals surface area contributed by atoms with Gasteiger partial charge in [0.2, 0.25) is 5.66 Å². The van der Waals surface area contributed by atoms with E-state index in [0.29, 0.717) is 11.4 Å². The SMILES string of the molecule is CC(NC(=O)C1(NC(=O)OCc2ccccc2)CN1C(=O)O)c1ccc(-n2cc(F)cn2)nc1. The lowest BCUT2D eigenvalue weighted by atomic mass is 10.1. The Morgan fingerprint density at radius 3 is 2.56 bits per heavy atom. The van der Waals surface area contributed by atoms with Crippen LogP contribution in [-0.4, -0.2) is 55.1 Å². The van der Waals surface area contributed by atoms with Crippen LogP contribution in [0, 0.1) is 5.82 Å². The fourth-order valence-electron chi connectivity index (χ4n) is 3.33. The first-order chi connectivity index (χ1) is 16.3. The Morgan fingerprint density at radius 1 is 1.21 bits per heavy atom. The summed E-state index contributed by atoms with van der Waals surface area (Å²) in [6, 6.07) is 11.6. The summed E-state index contributed by atoms with van der Waals surface area (Å²) in [5.74, 6) is -0.832. The van der Waals surface area contributed by atoms with Gasteiger partial charge < -0.3 is 15.2 Å². The summed E-state index contributed by atoms with van der Waals surface area (Å²) < 4.78 is 19.5. The summed E-state index contributed by atoms with van der Waals surface area (Å²) in [6.07, 6.45) is 1.43. The molecule has 34 heavy (non-hydrogen) atoms. The summed E-state index contributed by atoms with van der Waals surface area (Å²) in [5.41, 5.74) is -0.424. The predicted octanol–water partition coefficient (Wildman–Crippen LogP) is 2.20. The molecule has 2 aromatic heterocycles. The highest BCUT2D eigenvalue weighted by Crippen LogP contribution is 2.31. The van der Waals surface area contributed by atoms with Gasteiger partial charge in [-0.15, -0.1) is 0 Å². The van der Waals surface area contributed by atoms with Crippen molar-refractivity contribution in [2.45, 2.75) is 25.2 Å². The number of amides is 3. The molecule has 3 heterocycles. The molecule has 2 unspecified atom stereocenters. The van der Waals surface area contributed by atoms with E-state index in [1.54, 1.807) is 43.3 Å². The van der Waals surface area contributed by atoms with Crippen LogP contribution < -0.4 is 10.6 Å². The summed E-state index contributed by atoms with van der Waals surface area (Å²) in [4.78, 5) is 41.7. The van der Waals surface area contributed by atoms with Gasteiger partial charge in [-0.1, -0.05) is 36.4 Å². The minimum absolute atomic E-state index is 0.0357. The summed E-state index contributed by atoms with van der Waals surface area (Å²) in [7, 11) is 0. The lowest BCUT2D eigenvalue weighted by molar-refractivity contribution is -0.126. The number of carboxylic acid groups (broad SMARTS) is 1. The average Bonchev–Trinajstić information content (AvgIpc) is 3.41. The van der Waals surface area contributed by atoms with Crippen molar-refractivity contribution in [2.24, 2.45) is 0 Å². The standard InChI is InChI=1S/C22H21FN6O5/c1-14(16-7-8-18(24-9-16)29-11-17(23)10-25-29)26-19(30)22(13-28(22)21(32)33)27-20(31)34-12-15-5-3-2-4-6-15/h2-11,14H,12-13H2,1H3,(H,26,30)(H,27,31)(H,32,33). The molecule has 12 heteroatoms. The summed E-state index contributed by atoms with van der Waals surface area (Å²) >= 11 is 0. The van der Waals surface area contributed by atoms with E-state index >= 15 is 0 Å². The molecule has 1 fully saturated rings. The Kier molecular flexibility index (Phi) is 6.13. The molecule has 3 amide bonds. The number of alkyl carbamates (subject to hydrolysis) is 1. The number of hydrogen-bond donors (Lipinski definition) is 3. The van der Waals surface area contributed by atoms with Crippen LogP contribution >= 0.6 is 0 Å². The van der Waals surface area contributed by atoms with Crippen molar-refractivity contribution in [3.8, 4) is 5.82 Å². The van der Waals surface area contributed by atoms with Crippen LogP contribution in [0.15, 0.2) is 61.1 Å². The second-order valence-electron chi connectivity index (χ2n) is 7.66. The molecular weight excluding hydrogens is 447 g/mol. The summed E-state index contributed by atoms with van der Waals surface area (Å²) in [6.45, 7) is 1.42. The Hall–Kier alpha value is -4.48. The lowest BCUT2D eigenvalue weighted by Gasteiger charge is -2.21. The number of benzene rings is 1. The molecule has 2 atom stereocenters. The van der Waals surface area contributed by atoms with Crippen molar-refractivity contribution in [1.29, 1.82) is 0 Å². The number of nitrogens with one attached hydrogen (secondary N) is 2. The smallest absolute Gasteiger partial charge is 0.409 e. The van der Waals surface area contributed by atoms with Gasteiger partial charge in [-0.05, 0) is 24.1 Å². The van der Waals surface area contributed by atoms with Gasteiger partial charge in [0.15, 0.2) is 11.6 Å². The van der Waals surface area contributed by atoms with E-state index in [9.17, 15) is 23.9 Å². The molecule has 3 N–H and O–H groups in total. The highest BCUT2D eigenvalue weighted by Gasteiger charge is 2.63. The van der Waals surface area contributed by atoms with Crippen LogP contribution in [0.25, 0.3) is 5.82 Å². The Bertz CT molecular complexity index is 1200. The lowest BCUT2D eigenvalue weighted by Crippen LogP contribution is -2.54. The molecule has 0 bridgehead atoms. The van der Waals surface area contributed by atoms with Crippen molar-refractivity contribution in [2.75, 3.05) is 6.54 Å². The van der Waals surface area contributed by atoms with Crippen LogP contribution in [0.4, 0.5) is 14.0 Å². The second-order valence-corrected chi connectivity index (χ2v) is 7.66. The Balaban J connectivity index is 1.40. The topological polar surface area (TPSA) is 138 Å². The third kappa shape index (κ3) is 4.80. The van der Waals surface area contributed by atoms with Crippen molar-refractivity contribution in [3.63, 3.8) is 0 Å². The maximum absolute atomic E-state index is 13.2. The van der Waals surface area contributed by atoms with Crippen LogP contribution in [0.1, 0.15) is 24.1 Å². The van der Waals surface area contributed by atoms with Gasteiger partial charge in [0.1, 0.15) is 6.61 Å². The molecular formula is C22H21FN6O5. The van der Waals surface area contributed by atoms with Crippen LogP contribution in [-0.2, 0) is 16.1 Å². The fraction of sp³-hybridized carbons (Fsp3) is 0.227. The van der Waals surface area contributed by atoms with Crippen LogP contribution in [0.5, 0.6) is 0 Å². The number of aromatic nitrogens is 3. The van der Waals surface area contributed by atoms with Gasteiger partial charge in [0.05, 0.1) is 25.0 Å². The van der Waals surface area contributed by atoms with Crippen LogP contribution in [0.2, 0.25) is 0 Å². The van der Waals surface area contributed by atoms with Crippen molar-refractivity contribution in [1.82, 2.24) is 30.3 Å². The quantitative estimate of drug-likeness (QED) is 0.452. The second kappa shape index (κ2) is 9.17. The van der Waals surface area contributed by atoms with Crippen molar-refractivity contribution < 1.29 is 28.6 Å². The van der Waals surface area contributed by atoms with E-state index in [1.807, 2.05) is 6.07 Å². The third-order valence-electron chi connectivity index (χ3n) is 5.28. The molecule has 1 saturated heterocycles. The van der Waals surface area contributed by atoms with E-state index in [-0.39, 0.29) is 13.2 Å². The first kappa shape index (κ1) is 22.7. The number of ether oxygens (including phenoxy) is 1. The van der Waals surface area contributed by atoms with E-state index < -0.39 is 35.6 Å². The Morgan fingerprint density at radius 2 is 1.97 bits per heavy atom. The monoisotopic (exact) mass is 468 g/mol. The molecule has 3 aromatic rings. The van der Waals surface area contributed by atoms with Crippen molar-refractivity contribution >= 4 is 18.1 Å². The van der Waals surface area contributed by atoms with E-state index in [4.69, 9.17) is 4.74 Å². The van der Waals surface area contributed by atoms with Gasteiger partial charge in [-0.2, -0.15) is 5.10 Å². The van der Waals surface area contributed by atoms with E-state index in [1.165, 1.54) is 17.1 Å². The van der Waals surface area contributed by atoms with E-state index in [0.717, 1.165) is 16.7 Å². The number of rotatable bonds is 7. The highest BCUT2D eigenvalue weighted by molar-refractivity contribution is 5.97. The van der Waals surface area contributed by atoms with Gasteiger partial charge in [-0.25, -0.2) is 23.6 Å². The molecule has 1 aliphatic heterocycles. The molecule has 0 radical (unpaired) electrons. The maximum atomic E-state index is 13.2. The first-order valence-electron chi connectivity index (χ1n) is 10.3. The van der Waals surface area contributed by atoms with Crippen molar-refractivity contribution in [3.05, 3.63) is 78.0 Å². The molecule has 176 valence electrons. The third-order valence-corrected chi connectivity index (χ3v) is 5.28. The molecule has 0 saturated carbocycles. The number of nitrogens with zero attached hydrogens (tertiary/aromatic N) is 4. The molecule has 11 nitrogen and oxygen atoms in total. The summed E-state index contributed by atoms with van der Waals surface area (Å²) in [5, 5.41) is 18.2. The number of hydrogen-bond acceptors (Lipinski definition) is 6. The zero-order valence-corrected chi connectivity index (χ0v) is 18.0. The minimum atomic E-state index is -1.77. The normalized spacial score (nSPS) is 17.5. The van der Waals surface area contributed by atoms with Gasteiger partial charge in [0.25, 0.3) is 5.91 Å². The first-order valence-corrected chi connectivity index (χ1v) is 10.3. The predicted molar refractivity (Wildman–Crippen MR) is 115 cm³/mol. The molecule has 4 rings (SSSR count). The van der Waals surface area contributed by atoms with Gasteiger partial charge in [0, 0.05) is 6.20 Å². The zero-order valence-electron chi connectivity index (χ0n) is 18.0. The van der Waals surface area contributed by atoms with E-state index in [2.05, 4.69) is 20.7 Å². The zero-order chi connectivity index (χ0) is 24.3. The number of halogens is 1. The van der Waals surface area contributed by atoms with Gasteiger partial charge in [-0.3, -0.25) is 15.0 Å². The van der Waals surface area contributed by atoms with Gasteiger partial charge >= 0.3 is 12.2 Å². The number of carbonyl (C=O) groups is 3. The number of pyridine rings is 1. The Labute approximate surface area is 193 Å². The number of carbonyl (C=O) groups excluding carboxylic acids is 2. The minimum Gasteiger partial charge on any atom is -0.465 e.